The molecule has 1 aromatic carbocycles. The van der Waals surface area contributed by atoms with Gasteiger partial charge in [-0.25, -0.2) is 4.39 Å². The van der Waals surface area contributed by atoms with Gasteiger partial charge >= 0.3 is 0 Å². The second kappa shape index (κ2) is 9.02. The number of aliphatic hydroxyl groups is 1. The van der Waals surface area contributed by atoms with Crippen molar-refractivity contribution in [3.63, 3.8) is 0 Å². The highest BCUT2D eigenvalue weighted by Gasteiger charge is 2.32. The number of aromatic nitrogens is 2. The van der Waals surface area contributed by atoms with E-state index in [0.29, 0.717) is 11.5 Å². The average molecular weight is 437 g/mol. The highest BCUT2D eigenvalue weighted by Crippen LogP contribution is 2.32. The van der Waals surface area contributed by atoms with Gasteiger partial charge in [0.05, 0.1) is 11.3 Å². The largest absolute Gasteiger partial charge is 0.386 e. The molecule has 2 N–H and O–H groups in total. The Morgan fingerprint density at radius 3 is 2.41 bits per heavy atom. The van der Waals surface area contributed by atoms with Gasteiger partial charge in [0.2, 0.25) is 0 Å². The second-order valence-corrected chi connectivity index (χ2v) is 9.53. The number of nitrogens with one attached hydrogen (secondary N) is 1. The van der Waals surface area contributed by atoms with Crippen molar-refractivity contribution < 1.29 is 9.50 Å². The van der Waals surface area contributed by atoms with Crippen LogP contribution >= 0.6 is 0 Å². The first-order valence-corrected chi connectivity index (χ1v) is 11.4. The van der Waals surface area contributed by atoms with E-state index in [-0.39, 0.29) is 11.9 Å². The minimum atomic E-state index is -1.19. The summed E-state index contributed by atoms with van der Waals surface area (Å²) in [6.45, 7) is 9.20. The highest BCUT2D eigenvalue weighted by atomic mass is 19.1. The molecule has 0 spiro atoms. The highest BCUT2D eigenvalue weighted by molar-refractivity contribution is 5.51. The zero-order valence-corrected chi connectivity index (χ0v) is 19.4. The molecule has 0 saturated carbocycles. The standard InChI is InChI=1S/C26H33FN4O/c1-17-18(2)25(30-29-23(17)14-19-8-6-5-7-9-19)31-12-10-20(11-13-31)24-15-22(27)21(16-28-24)26(3,4)32/h5-9,15-16,20,24,28,32H,10-14H2,1-4H3. The van der Waals surface area contributed by atoms with Crippen molar-refractivity contribution in [1.29, 1.82) is 0 Å². The minimum Gasteiger partial charge on any atom is -0.386 e. The maximum Gasteiger partial charge on any atom is 0.154 e. The molecule has 0 amide bonds. The van der Waals surface area contributed by atoms with Gasteiger partial charge in [-0.2, -0.15) is 5.10 Å². The summed E-state index contributed by atoms with van der Waals surface area (Å²) >= 11 is 0. The van der Waals surface area contributed by atoms with E-state index in [2.05, 4.69) is 46.4 Å². The van der Waals surface area contributed by atoms with E-state index < -0.39 is 5.60 Å². The molecular formula is C26H33FN4O. The number of halogens is 1. The fraction of sp³-hybridized carbons (Fsp3) is 0.462. The number of rotatable bonds is 5. The average Bonchev–Trinajstić information content (AvgIpc) is 2.77. The number of piperidine rings is 1. The van der Waals surface area contributed by atoms with E-state index >= 15 is 0 Å². The first kappa shape index (κ1) is 22.5. The molecule has 2 aliphatic heterocycles. The number of anilines is 1. The van der Waals surface area contributed by atoms with Gasteiger partial charge in [0.15, 0.2) is 5.82 Å². The zero-order valence-electron chi connectivity index (χ0n) is 19.4. The lowest BCUT2D eigenvalue weighted by Gasteiger charge is -2.38. The molecule has 1 saturated heterocycles. The maximum atomic E-state index is 14.5. The molecule has 1 fully saturated rings. The van der Waals surface area contributed by atoms with E-state index in [1.165, 1.54) is 16.7 Å². The van der Waals surface area contributed by atoms with Gasteiger partial charge in [0, 0.05) is 37.3 Å². The summed E-state index contributed by atoms with van der Waals surface area (Å²) in [6, 6.07) is 10.3. The lowest BCUT2D eigenvalue weighted by Crippen LogP contribution is -2.43. The van der Waals surface area contributed by atoms with Crippen LogP contribution < -0.4 is 10.2 Å². The monoisotopic (exact) mass is 436 g/mol. The Morgan fingerprint density at radius 1 is 1.09 bits per heavy atom. The van der Waals surface area contributed by atoms with Crippen LogP contribution in [0.4, 0.5) is 10.2 Å². The minimum absolute atomic E-state index is 0.0505. The van der Waals surface area contributed by atoms with Crippen molar-refractivity contribution in [2.24, 2.45) is 5.92 Å². The summed E-state index contributed by atoms with van der Waals surface area (Å²) in [5.41, 5.74) is 3.76. The summed E-state index contributed by atoms with van der Waals surface area (Å²) in [5.74, 6) is 0.971. The summed E-state index contributed by atoms with van der Waals surface area (Å²) in [6.07, 6.45) is 5.93. The molecule has 5 nitrogen and oxygen atoms in total. The van der Waals surface area contributed by atoms with Crippen LogP contribution in [0.3, 0.4) is 0 Å². The van der Waals surface area contributed by atoms with Crippen LogP contribution in [0.15, 0.2) is 54.0 Å². The van der Waals surface area contributed by atoms with Crippen molar-refractivity contribution >= 4 is 5.82 Å². The van der Waals surface area contributed by atoms with Crippen molar-refractivity contribution in [2.45, 2.75) is 58.6 Å². The predicted octanol–water partition coefficient (Wildman–Crippen LogP) is 4.38. The van der Waals surface area contributed by atoms with Crippen LogP contribution in [0, 0.1) is 19.8 Å². The molecule has 32 heavy (non-hydrogen) atoms. The third-order valence-corrected chi connectivity index (χ3v) is 6.82. The van der Waals surface area contributed by atoms with Crippen molar-refractivity contribution in [3.05, 3.63) is 76.4 Å². The van der Waals surface area contributed by atoms with E-state index in [1.807, 2.05) is 18.2 Å². The van der Waals surface area contributed by atoms with Crippen LogP contribution in [-0.2, 0) is 6.42 Å². The van der Waals surface area contributed by atoms with Crippen LogP contribution in [0.2, 0.25) is 0 Å². The van der Waals surface area contributed by atoms with Gasteiger partial charge in [-0.3, -0.25) is 0 Å². The molecule has 4 rings (SSSR count). The lowest BCUT2D eigenvalue weighted by molar-refractivity contribution is 0.117. The molecule has 3 heterocycles. The molecule has 170 valence electrons. The normalized spacial score (nSPS) is 19.9. The molecule has 1 atom stereocenters. The molecule has 1 aromatic heterocycles. The van der Waals surface area contributed by atoms with E-state index in [1.54, 1.807) is 26.1 Å². The Balaban J connectivity index is 1.41. The molecular weight excluding hydrogens is 403 g/mol. The molecule has 0 bridgehead atoms. The van der Waals surface area contributed by atoms with Crippen molar-refractivity contribution in [2.75, 3.05) is 18.0 Å². The third kappa shape index (κ3) is 4.70. The zero-order chi connectivity index (χ0) is 22.9. The van der Waals surface area contributed by atoms with Gasteiger partial charge in [-0.1, -0.05) is 30.3 Å². The van der Waals surface area contributed by atoms with Gasteiger partial charge in [0.1, 0.15) is 5.83 Å². The van der Waals surface area contributed by atoms with Gasteiger partial charge in [-0.05, 0) is 69.2 Å². The topological polar surface area (TPSA) is 61.3 Å². The van der Waals surface area contributed by atoms with E-state index in [4.69, 9.17) is 0 Å². The first-order valence-electron chi connectivity index (χ1n) is 11.4. The smallest absolute Gasteiger partial charge is 0.154 e. The Hall–Kier alpha value is -2.73. The Kier molecular flexibility index (Phi) is 6.33. The number of benzene rings is 1. The van der Waals surface area contributed by atoms with E-state index in [0.717, 1.165) is 43.9 Å². The van der Waals surface area contributed by atoms with Crippen LogP contribution in [0.1, 0.15) is 49.1 Å². The first-order chi connectivity index (χ1) is 15.2. The van der Waals surface area contributed by atoms with Gasteiger partial charge in [-0.15, -0.1) is 5.10 Å². The quantitative estimate of drug-likeness (QED) is 0.728. The Bertz CT molecular complexity index is 1020. The summed E-state index contributed by atoms with van der Waals surface area (Å²) in [7, 11) is 0. The predicted molar refractivity (Wildman–Crippen MR) is 126 cm³/mol. The molecule has 2 aliphatic rings. The fourth-order valence-electron chi connectivity index (χ4n) is 4.65. The molecule has 0 aliphatic carbocycles. The number of hydrogen-bond acceptors (Lipinski definition) is 5. The molecule has 2 aromatic rings. The Labute approximate surface area is 190 Å². The summed E-state index contributed by atoms with van der Waals surface area (Å²) in [5, 5.41) is 22.6. The van der Waals surface area contributed by atoms with Crippen molar-refractivity contribution in [1.82, 2.24) is 15.5 Å². The molecule has 6 heteroatoms. The van der Waals surface area contributed by atoms with Crippen LogP contribution in [-0.4, -0.2) is 40.0 Å². The summed E-state index contributed by atoms with van der Waals surface area (Å²) < 4.78 is 14.5. The van der Waals surface area contributed by atoms with Gasteiger partial charge < -0.3 is 15.3 Å². The lowest BCUT2D eigenvalue weighted by atomic mass is 9.86. The van der Waals surface area contributed by atoms with E-state index in [9.17, 15) is 9.50 Å². The van der Waals surface area contributed by atoms with Crippen molar-refractivity contribution in [3.8, 4) is 0 Å². The second-order valence-electron chi connectivity index (χ2n) is 9.53. The van der Waals surface area contributed by atoms with Gasteiger partial charge in [0.25, 0.3) is 0 Å². The third-order valence-electron chi connectivity index (χ3n) is 6.82. The fourth-order valence-corrected chi connectivity index (χ4v) is 4.65. The number of hydrogen-bond donors (Lipinski definition) is 2. The Morgan fingerprint density at radius 2 is 1.78 bits per heavy atom. The summed E-state index contributed by atoms with van der Waals surface area (Å²) in [4.78, 5) is 2.30. The van der Waals surface area contributed by atoms with Crippen LogP contribution in [0.25, 0.3) is 0 Å². The number of nitrogens with zero attached hydrogens (tertiary/aromatic N) is 3. The number of dihydropyridines is 1. The SMILES string of the molecule is Cc1c(Cc2ccccc2)nnc(N2CCC(C3C=C(F)C(C(C)(C)O)=CN3)CC2)c1C. The molecule has 0 radical (unpaired) electrons. The maximum absolute atomic E-state index is 14.5. The molecule has 1 unspecified atom stereocenters. The van der Waals surface area contributed by atoms with Crippen LogP contribution in [0.5, 0.6) is 0 Å².